The van der Waals surface area contributed by atoms with Crippen molar-refractivity contribution in [2.24, 2.45) is 0 Å². The maximum atomic E-state index is 12.8. The lowest BCUT2D eigenvalue weighted by atomic mass is 10.1. The summed E-state index contributed by atoms with van der Waals surface area (Å²) in [5.74, 6) is -0.194. The molecule has 59 heavy (non-hydrogen) atoms. The van der Waals surface area contributed by atoms with E-state index in [1.54, 1.807) is 16.8 Å². The molecule has 3 aliphatic heterocycles. The molecule has 322 valence electrons. The number of aromatic nitrogens is 6. The number of methoxy groups -OCH3 is 1. The van der Waals surface area contributed by atoms with E-state index in [4.69, 9.17) is 30.2 Å². The maximum Gasteiger partial charge on any atom is 0.280 e. The molecule has 7 rings (SSSR count). The number of imidazole rings is 1. The van der Waals surface area contributed by atoms with Crippen molar-refractivity contribution >= 4 is 58.0 Å². The summed E-state index contributed by atoms with van der Waals surface area (Å²) in [5, 5.41) is 10.8. The fraction of sp³-hybridized carbons (Fsp3) is 0.483. The number of benzene rings is 1. The normalized spacial score (nSPS) is 26.7. The summed E-state index contributed by atoms with van der Waals surface area (Å²) in [7, 11) is -15.3. The van der Waals surface area contributed by atoms with Gasteiger partial charge in [0, 0.05) is 33.8 Å². The van der Waals surface area contributed by atoms with Gasteiger partial charge in [-0.1, -0.05) is 30.3 Å². The Balaban J connectivity index is 0.977. The average Bonchev–Trinajstić information content (AvgIpc) is 3.81. The SMILES string of the molecule is CO[C@H]1C(n2cnc3c(=O)[nH]c(N)nc32)OC(COP(=O)([O-])OP(=O)([O-])OP(=O)([O-])OC[C@@H]2CN(Cc3ccccc3)C[C@H](N3CN(C)c4c3nc(N)[nH]c4=O)O2)[C@H]1O. The fourth-order valence-electron chi connectivity index (χ4n) is 6.85. The molecule has 9 atom stereocenters. The van der Waals surface area contributed by atoms with Crippen LogP contribution in [0, 0.1) is 0 Å². The summed E-state index contributed by atoms with van der Waals surface area (Å²) < 4.78 is 73.7. The second kappa shape index (κ2) is 16.7. The smallest absolute Gasteiger partial charge is 0.280 e. The summed E-state index contributed by atoms with van der Waals surface area (Å²) in [5.41, 5.74) is 11.2. The van der Waals surface area contributed by atoms with Gasteiger partial charge in [-0.15, -0.1) is 0 Å². The molecule has 3 aliphatic rings. The number of nitrogens with one attached hydrogen (secondary N) is 2. The third-order valence-electron chi connectivity index (χ3n) is 9.26. The minimum absolute atomic E-state index is 0.0658. The van der Waals surface area contributed by atoms with Gasteiger partial charge >= 0.3 is 0 Å². The lowest BCUT2D eigenvalue weighted by Gasteiger charge is -2.42. The average molecular weight is 889 g/mol. The monoisotopic (exact) mass is 888 g/mol. The van der Waals surface area contributed by atoms with Gasteiger partial charge < -0.3 is 64.3 Å². The molecular weight excluding hydrogens is 851 g/mol. The minimum atomic E-state index is -6.29. The van der Waals surface area contributed by atoms with Gasteiger partial charge in [-0.2, -0.15) is 9.97 Å². The lowest BCUT2D eigenvalue weighted by Crippen LogP contribution is -2.55. The first-order valence-corrected chi connectivity index (χ1v) is 21.7. The van der Waals surface area contributed by atoms with Crippen molar-refractivity contribution in [1.82, 2.24) is 34.4 Å². The fourth-order valence-corrected chi connectivity index (χ4v) is 10.2. The third kappa shape index (κ3) is 9.60. The molecule has 0 aliphatic carbocycles. The molecule has 6 heterocycles. The molecule has 0 bridgehead atoms. The highest BCUT2D eigenvalue weighted by atomic mass is 31.3. The molecule has 4 aromatic rings. The van der Waals surface area contributed by atoms with Gasteiger partial charge in [0.05, 0.1) is 32.3 Å². The first-order valence-electron chi connectivity index (χ1n) is 17.3. The highest BCUT2D eigenvalue weighted by molar-refractivity contribution is 7.65. The van der Waals surface area contributed by atoms with E-state index in [0.717, 1.165) is 11.9 Å². The maximum absolute atomic E-state index is 12.8. The van der Waals surface area contributed by atoms with Gasteiger partial charge in [0.15, 0.2) is 23.2 Å². The molecule has 0 radical (unpaired) electrons. The Morgan fingerprint density at radius 2 is 1.59 bits per heavy atom. The number of phosphoric acid groups is 3. The second-order valence-electron chi connectivity index (χ2n) is 13.5. The number of hydrogen-bond donors (Lipinski definition) is 5. The number of nitrogen functional groups attached to an aromatic ring is 2. The van der Waals surface area contributed by atoms with Crippen molar-refractivity contribution < 1.29 is 65.4 Å². The van der Waals surface area contributed by atoms with Crippen molar-refractivity contribution in [2.75, 3.05) is 68.4 Å². The van der Waals surface area contributed by atoms with Crippen molar-refractivity contribution in [3.05, 3.63) is 62.9 Å². The second-order valence-corrected chi connectivity index (χ2v) is 18.0. The van der Waals surface area contributed by atoms with Crippen LogP contribution in [0.2, 0.25) is 0 Å². The van der Waals surface area contributed by atoms with Crippen LogP contribution in [-0.2, 0) is 52.1 Å². The number of nitrogens with two attached hydrogens (primary N) is 2. The van der Waals surface area contributed by atoms with E-state index in [-0.39, 0.29) is 54.3 Å². The number of phosphoric ester groups is 2. The van der Waals surface area contributed by atoms with Crippen LogP contribution in [0.5, 0.6) is 0 Å². The first kappa shape index (κ1) is 43.0. The number of aliphatic hydroxyl groups excluding tert-OH is 1. The molecule has 0 spiro atoms. The van der Waals surface area contributed by atoms with E-state index >= 15 is 0 Å². The number of morpholine rings is 1. The van der Waals surface area contributed by atoms with Crippen LogP contribution >= 0.6 is 23.5 Å². The van der Waals surface area contributed by atoms with Gasteiger partial charge in [-0.05, 0) is 5.56 Å². The first-order chi connectivity index (χ1) is 27.8. The molecule has 5 unspecified atom stereocenters. The number of ether oxygens (including phenoxy) is 3. The number of aliphatic hydroxyl groups is 1. The zero-order valence-corrected chi connectivity index (χ0v) is 33.6. The molecule has 3 aromatic heterocycles. The van der Waals surface area contributed by atoms with E-state index in [2.05, 4.69) is 38.1 Å². The van der Waals surface area contributed by atoms with E-state index < -0.39 is 84.7 Å². The van der Waals surface area contributed by atoms with E-state index in [0.29, 0.717) is 6.54 Å². The number of nitrogens with zero attached hydrogens (tertiary/aromatic N) is 7. The predicted molar refractivity (Wildman–Crippen MR) is 196 cm³/mol. The number of H-pyrrole nitrogens is 2. The summed E-state index contributed by atoms with van der Waals surface area (Å²) in [6, 6.07) is 9.25. The third-order valence-corrected chi connectivity index (χ3v) is 13.4. The number of rotatable bonds is 15. The summed E-state index contributed by atoms with van der Waals surface area (Å²) in [6.45, 7) is -1.06. The van der Waals surface area contributed by atoms with E-state index in [1.165, 1.54) is 11.7 Å². The topological polar surface area (TPSA) is 376 Å². The number of fused-ring (bicyclic) bond motifs is 2. The van der Waals surface area contributed by atoms with Gasteiger partial charge in [-0.25, -0.2) is 13.6 Å². The number of hydrogen-bond acceptors (Lipinski definition) is 24. The lowest BCUT2D eigenvalue weighted by molar-refractivity contribution is -0.253. The zero-order chi connectivity index (χ0) is 42.4. The van der Waals surface area contributed by atoms with Gasteiger partial charge in [0.1, 0.15) is 30.2 Å². The van der Waals surface area contributed by atoms with Crippen LogP contribution in [0.25, 0.3) is 11.2 Å². The van der Waals surface area contributed by atoms with Crippen LogP contribution in [0.1, 0.15) is 11.8 Å². The number of aromatic amines is 2. The molecule has 2 fully saturated rings. The highest BCUT2D eigenvalue weighted by Crippen LogP contribution is 2.63. The highest BCUT2D eigenvalue weighted by Gasteiger charge is 2.46. The molecular formula is C29H37N11O16P3-3. The Kier molecular flexibility index (Phi) is 12.2. The Morgan fingerprint density at radius 1 is 0.932 bits per heavy atom. The molecule has 1 aromatic carbocycles. The molecule has 0 amide bonds. The Hall–Kier alpha value is -4.14. The molecule has 7 N–H and O–H groups in total. The van der Waals surface area contributed by atoms with Crippen LogP contribution in [0.3, 0.4) is 0 Å². The van der Waals surface area contributed by atoms with Crippen LogP contribution in [-0.4, -0.2) is 117 Å². The van der Waals surface area contributed by atoms with Crippen LogP contribution in [0.4, 0.5) is 23.4 Å². The Morgan fingerprint density at radius 3 is 2.29 bits per heavy atom. The quantitative estimate of drug-likeness (QED) is 0.0755. The summed E-state index contributed by atoms with van der Waals surface area (Å²) >= 11 is 0. The Bertz CT molecular complexity index is 2440. The standard InChI is InChI=1S/C29H40N11O16P3/c1-37-14-40(24-20(37)26(43)36-29(31)34-24)18-10-38(8-15-6-4-3-5-7-15)9-16(53-18)11-51-57(44,45)55-59(48,49)56-58(46,47)52-12-17-21(41)22(50-2)27(54-17)39-13-32-19-23(39)33-28(30)35-25(19)42/h3-7,13,16-18,21-22,27,41H,8-12,14H2,1-2H3,(H,44,45)(H,46,47)(H,48,49)(H3,30,33,35,42)(H3,31,34,36,43)/p-3/t16-,17?,18+,21+,22+,27?/m0/s1. The minimum Gasteiger partial charge on any atom is -0.756 e. The van der Waals surface area contributed by atoms with Crippen molar-refractivity contribution in [3.8, 4) is 0 Å². The Labute approximate surface area is 332 Å². The molecule has 27 nitrogen and oxygen atoms in total. The van der Waals surface area contributed by atoms with E-state index in [1.807, 2.05) is 35.2 Å². The van der Waals surface area contributed by atoms with Crippen LogP contribution in [0.15, 0.2) is 46.2 Å². The molecule has 30 heteroatoms. The van der Waals surface area contributed by atoms with Crippen molar-refractivity contribution in [1.29, 1.82) is 0 Å². The van der Waals surface area contributed by atoms with Crippen molar-refractivity contribution in [2.45, 2.75) is 43.4 Å². The largest absolute Gasteiger partial charge is 0.756 e. The van der Waals surface area contributed by atoms with Gasteiger partial charge in [0.25, 0.3) is 34.6 Å². The summed E-state index contributed by atoms with van der Waals surface area (Å²) in [4.78, 5) is 84.9. The summed E-state index contributed by atoms with van der Waals surface area (Å²) in [6.07, 6.45) is -6.42. The van der Waals surface area contributed by atoms with Crippen LogP contribution < -0.4 is 47.1 Å². The molecule has 2 saturated heterocycles. The van der Waals surface area contributed by atoms with Crippen molar-refractivity contribution in [3.63, 3.8) is 0 Å². The van der Waals surface area contributed by atoms with Gasteiger partial charge in [0.2, 0.25) is 11.9 Å². The van der Waals surface area contributed by atoms with Gasteiger partial charge in [-0.3, -0.25) is 42.7 Å². The number of anilines is 4. The zero-order valence-electron chi connectivity index (χ0n) is 30.9. The van der Waals surface area contributed by atoms with E-state index in [9.17, 15) is 43.1 Å². The molecule has 0 saturated carbocycles. The predicted octanol–water partition coefficient (Wildman–Crippen LogP) is -2.75.